The number of hydrogen-bond donors (Lipinski definition) is 0. The second kappa shape index (κ2) is 4.99. The molecule has 0 aromatic heterocycles. The molecule has 19 heavy (non-hydrogen) atoms. The lowest BCUT2D eigenvalue weighted by Crippen LogP contribution is -2.57. The molecule has 1 spiro atoms. The van der Waals surface area contributed by atoms with Crippen LogP contribution >= 0.6 is 23.2 Å². The first kappa shape index (κ1) is 13.3. The summed E-state index contributed by atoms with van der Waals surface area (Å²) in [5, 5.41) is 1.02. The quantitative estimate of drug-likeness (QED) is 0.793. The van der Waals surface area contributed by atoms with Crippen LogP contribution in [0.15, 0.2) is 18.2 Å². The first-order valence-corrected chi connectivity index (χ1v) is 7.53. The van der Waals surface area contributed by atoms with Gasteiger partial charge in [0.2, 0.25) is 0 Å². The summed E-state index contributed by atoms with van der Waals surface area (Å²) in [7, 11) is 0. The van der Waals surface area contributed by atoms with Crippen LogP contribution in [0.4, 0.5) is 0 Å². The lowest BCUT2D eigenvalue weighted by molar-refractivity contribution is -0.156. The zero-order chi connectivity index (χ0) is 13.5. The molecule has 2 fully saturated rings. The molecule has 0 N–H and O–H groups in total. The molecule has 3 rings (SSSR count). The first-order valence-electron chi connectivity index (χ1n) is 6.77. The summed E-state index contributed by atoms with van der Waals surface area (Å²) < 4.78 is 5.99. The SMILES string of the molecule is O=C1CC(Oc2c(Cl)cccc2Cl)C12CCCCC2. The average Bonchev–Trinajstić information content (AvgIpc) is 2.43. The highest BCUT2D eigenvalue weighted by molar-refractivity contribution is 6.37. The highest BCUT2D eigenvalue weighted by Gasteiger charge is 2.56. The second-order valence-corrected chi connectivity index (χ2v) is 6.32. The predicted octanol–water partition coefficient (Wildman–Crippen LogP) is 4.66. The maximum atomic E-state index is 12.0. The lowest BCUT2D eigenvalue weighted by atomic mass is 9.57. The Morgan fingerprint density at radius 3 is 2.32 bits per heavy atom. The zero-order valence-corrected chi connectivity index (χ0v) is 12.1. The Hall–Kier alpha value is -0.730. The van der Waals surface area contributed by atoms with Crippen molar-refractivity contribution in [2.45, 2.75) is 44.6 Å². The normalized spacial score (nSPS) is 25.2. The van der Waals surface area contributed by atoms with Crippen LogP contribution in [-0.4, -0.2) is 11.9 Å². The maximum Gasteiger partial charge on any atom is 0.156 e. The van der Waals surface area contributed by atoms with Crippen LogP contribution < -0.4 is 4.74 Å². The van der Waals surface area contributed by atoms with E-state index in [0.717, 1.165) is 25.7 Å². The van der Waals surface area contributed by atoms with Crippen molar-refractivity contribution in [2.75, 3.05) is 0 Å². The van der Waals surface area contributed by atoms with Gasteiger partial charge in [-0.15, -0.1) is 0 Å². The zero-order valence-electron chi connectivity index (χ0n) is 10.6. The molecule has 0 aliphatic heterocycles. The van der Waals surface area contributed by atoms with Crippen molar-refractivity contribution < 1.29 is 9.53 Å². The van der Waals surface area contributed by atoms with Crippen LogP contribution in [0.25, 0.3) is 0 Å². The van der Waals surface area contributed by atoms with Gasteiger partial charge in [-0.1, -0.05) is 48.5 Å². The fourth-order valence-electron chi connectivity index (χ4n) is 3.29. The molecule has 2 saturated carbocycles. The number of ether oxygens (including phenoxy) is 1. The van der Waals surface area contributed by atoms with Crippen LogP contribution in [0.3, 0.4) is 0 Å². The molecule has 1 aromatic carbocycles. The molecule has 2 nitrogen and oxygen atoms in total. The van der Waals surface area contributed by atoms with E-state index in [4.69, 9.17) is 27.9 Å². The molecule has 0 bridgehead atoms. The summed E-state index contributed by atoms with van der Waals surface area (Å²) in [5.74, 6) is 0.869. The number of rotatable bonds is 2. The van der Waals surface area contributed by atoms with Gasteiger partial charge < -0.3 is 4.74 Å². The molecule has 0 saturated heterocycles. The molecule has 0 heterocycles. The fourth-order valence-corrected chi connectivity index (χ4v) is 3.78. The summed E-state index contributed by atoms with van der Waals surface area (Å²) in [6, 6.07) is 5.31. The van der Waals surface area contributed by atoms with Gasteiger partial charge in [0.05, 0.1) is 15.5 Å². The molecule has 0 amide bonds. The van der Waals surface area contributed by atoms with E-state index < -0.39 is 0 Å². The number of para-hydroxylation sites is 1. The highest BCUT2D eigenvalue weighted by Crippen LogP contribution is 2.51. The van der Waals surface area contributed by atoms with Crippen molar-refractivity contribution in [1.82, 2.24) is 0 Å². The minimum absolute atomic E-state index is 0.0577. The summed E-state index contributed by atoms with van der Waals surface area (Å²) in [4.78, 5) is 12.0. The minimum Gasteiger partial charge on any atom is -0.486 e. The average molecular weight is 299 g/mol. The van der Waals surface area contributed by atoms with Crippen molar-refractivity contribution in [3.8, 4) is 5.75 Å². The third-order valence-corrected chi connectivity index (χ3v) is 5.06. The molecule has 1 unspecified atom stereocenters. The minimum atomic E-state index is -0.263. The van der Waals surface area contributed by atoms with E-state index in [-0.39, 0.29) is 11.5 Å². The van der Waals surface area contributed by atoms with Crippen molar-refractivity contribution in [3.63, 3.8) is 0 Å². The Bertz CT molecular complexity index is 487. The maximum absolute atomic E-state index is 12.0. The number of ketones is 1. The van der Waals surface area contributed by atoms with Gasteiger partial charge in [0, 0.05) is 6.42 Å². The van der Waals surface area contributed by atoms with Gasteiger partial charge in [-0.2, -0.15) is 0 Å². The Labute approximate surface area is 123 Å². The van der Waals surface area contributed by atoms with E-state index in [1.165, 1.54) is 6.42 Å². The Morgan fingerprint density at radius 1 is 1.11 bits per heavy atom. The molecular weight excluding hydrogens is 283 g/mol. The van der Waals surface area contributed by atoms with Crippen molar-refractivity contribution >= 4 is 29.0 Å². The number of benzene rings is 1. The molecule has 4 heteroatoms. The Morgan fingerprint density at radius 2 is 1.74 bits per heavy atom. The monoisotopic (exact) mass is 298 g/mol. The van der Waals surface area contributed by atoms with E-state index in [1.54, 1.807) is 18.2 Å². The van der Waals surface area contributed by atoms with Gasteiger partial charge in [0.15, 0.2) is 5.75 Å². The van der Waals surface area contributed by atoms with Crippen LogP contribution in [0.1, 0.15) is 38.5 Å². The van der Waals surface area contributed by atoms with Crippen LogP contribution in [0.2, 0.25) is 10.0 Å². The van der Waals surface area contributed by atoms with Crippen LogP contribution in [-0.2, 0) is 4.79 Å². The third-order valence-electron chi connectivity index (χ3n) is 4.47. The van der Waals surface area contributed by atoms with E-state index in [2.05, 4.69) is 0 Å². The van der Waals surface area contributed by atoms with Gasteiger partial charge in [-0.05, 0) is 25.0 Å². The molecule has 0 radical (unpaired) electrons. The fraction of sp³-hybridized carbons (Fsp3) is 0.533. The number of carbonyl (C=O) groups is 1. The van der Waals surface area contributed by atoms with Crippen LogP contribution in [0, 0.1) is 5.41 Å². The van der Waals surface area contributed by atoms with E-state index >= 15 is 0 Å². The standard InChI is InChI=1S/C15H16Cl2O2/c16-10-5-4-6-11(17)14(10)19-13-9-12(18)15(13)7-2-1-3-8-15/h4-6,13H,1-3,7-9H2. The van der Waals surface area contributed by atoms with Gasteiger partial charge in [-0.25, -0.2) is 0 Å². The highest BCUT2D eigenvalue weighted by atomic mass is 35.5. The molecular formula is C15H16Cl2O2. The molecule has 1 atom stereocenters. The predicted molar refractivity (Wildman–Crippen MR) is 76.0 cm³/mol. The van der Waals surface area contributed by atoms with Gasteiger partial charge >= 0.3 is 0 Å². The smallest absolute Gasteiger partial charge is 0.156 e. The topological polar surface area (TPSA) is 26.3 Å². The van der Waals surface area contributed by atoms with Crippen molar-refractivity contribution in [2.24, 2.45) is 5.41 Å². The summed E-state index contributed by atoms with van der Waals surface area (Å²) in [6.07, 6.45) is 5.76. The molecule has 102 valence electrons. The number of carbonyl (C=O) groups excluding carboxylic acids is 1. The van der Waals surface area contributed by atoms with Gasteiger partial charge in [0.1, 0.15) is 11.9 Å². The molecule has 1 aromatic rings. The number of hydrogen-bond acceptors (Lipinski definition) is 2. The largest absolute Gasteiger partial charge is 0.486 e. The summed E-state index contributed by atoms with van der Waals surface area (Å²) in [5.41, 5.74) is -0.263. The Balaban J connectivity index is 1.82. The lowest BCUT2D eigenvalue weighted by Gasteiger charge is -2.49. The molecule has 2 aliphatic carbocycles. The second-order valence-electron chi connectivity index (χ2n) is 5.50. The number of Topliss-reactive ketones (excluding diaryl/α,β-unsaturated/α-hetero) is 1. The summed E-state index contributed by atoms with van der Waals surface area (Å²) in [6.45, 7) is 0. The van der Waals surface area contributed by atoms with Gasteiger partial charge in [-0.3, -0.25) is 4.79 Å². The third kappa shape index (κ3) is 2.15. The van der Waals surface area contributed by atoms with E-state index in [1.807, 2.05) is 0 Å². The molecule has 2 aliphatic rings. The number of halogens is 2. The summed E-state index contributed by atoms with van der Waals surface area (Å²) >= 11 is 12.2. The van der Waals surface area contributed by atoms with Gasteiger partial charge in [0.25, 0.3) is 0 Å². The van der Waals surface area contributed by atoms with Crippen molar-refractivity contribution in [1.29, 1.82) is 0 Å². The first-order chi connectivity index (χ1) is 9.13. The van der Waals surface area contributed by atoms with Crippen molar-refractivity contribution in [3.05, 3.63) is 28.2 Å². The van der Waals surface area contributed by atoms with Crippen LogP contribution in [0.5, 0.6) is 5.75 Å². The Kier molecular flexibility index (Phi) is 3.48. The van der Waals surface area contributed by atoms with E-state index in [0.29, 0.717) is 28.0 Å². The van der Waals surface area contributed by atoms with E-state index in [9.17, 15) is 4.79 Å².